The molecule has 0 aromatic carbocycles. The predicted octanol–water partition coefficient (Wildman–Crippen LogP) is 1.85. The smallest absolute Gasteiger partial charge is 0.111 e. The van der Waals surface area contributed by atoms with E-state index in [2.05, 4.69) is 18.4 Å². The zero-order valence-electron chi connectivity index (χ0n) is 7.27. The van der Waals surface area contributed by atoms with Crippen LogP contribution < -0.4 is 0 Å². The maximum atomic E-state index is 2.78. The molecule has 0 atom stereocenters. The first kappa shape index (κ1) is 8.28. The van der Waals surface area contributed by atoms with E-state index in [4.69, 9.17) is 0 Å². The summed E-state index contributed by atoms with van der Waals surface area (Å²) in [6, 6.07) is 2.94. The topological polar surface area (TPSA) is 3.24 Å². The molecule has 1 saturated heterocycles. The van der Waals surface area contributed by atoms with Gasteiger partial charge < -0.3 is 4.57 Å². The summed E-state index contributed by atoms with van der Waals surface area (Å²) in [5.74, 6) is 0. The fourth-order valence-corrected chi connectivity index (χ4v) is 4.62. The molecule has 0 spiro atoms. The van der Waals surface area contributed by atoms with Gasteiger partial charge >= 0.3 is 0 Å². The van der Waals surface area contributed by atoms with E-state index in [0.717, 1.165) is 0 Å². The Morgan fingerprint density at radius 2 is 1.60 bits per heavy atom. The summed E-state index contributed by atoms with van der Waals surface area (Å²) in [5.41, 5.74) is 0. The van der Waals surface area contributed by atoms with Crippen molar-refractivity contribution < 1.29 is 0 Å². The van der Waals surface area contributed by atoms with Crippen LogP contribution in [0, 0.1) is 0 Å². The molecule has 0 unspecified atom stereocenters. The average molecular weight is 157 g/mol. The van der Waals surface area contributed by atoms with Gasteiger partial charge in [-0.1, -0.05) is 13.8 Å². The van der Waals surface area contributed by atoms with Crippen molar-refractivity contribution in [3.63, 3.8) is 0 Å². The van der Waals surface area contributed by atoms with Gasteiger partial charge in [-0.05, 0) is 38.0 Å². The summed E-state index contributed by atoms with van der Waals surface area (Å²) in [6.07, 6.45) is 2.92. The fraction of sp³-hybridized carbons (Fsp3) is 1.00. The Balaban J connectivity index is 2.29. The number of nitrogens with zero attached hydrogens (tertiary/aromatic N) is 1. The Kier molecular flexibility index (Phi) is 3.42. The molecule has 60 valence electrons. The van der Waals surface area contributed by atoms with Crippen molar-refractivity contribution in [3.05, 3.63) is 0 Å². The second-order valence-corrected chi connectivity index (χ2v) is 6.88. The SMILES string of the molecule is CC[SiH](CC)N1CCCC1. The summed E-state index contributed by atoms with van der Waals surface area (Å²) < 4.78 is 2.78. The zero-order valence-corrected chi connectivity index (χ0v) is 8.42. The van der Waals surface area contributed by atoms with E-state index in [1.807, 2.05) is 0 Å². The van der Waals surface area contributed by atoms with E-state index in [1.54, 1.807) is 0 Å². The molecule has 1 heterocycles. The second-order valence-electron chi connectivity index (χ2n) is 3.21. The van der Waals surface area contributed by atoms with E-state index in [-0.39, 0.29) is 0 Å². The highest BCUT2D eigenvalue weighted by Crippen LogP contribution is 2.13. The lowest BCUT2D eigenvalue weighted by atomic mass is 10.4. The van der Waals surface area contributed by atoms with Crippen LogP contribution in [0.3, 0.4) is 0 Å². The summed E-state index contributed by atoms with van der Waals surface area (Å²) >= 11 is 0. The lowest BCUT2D eigenvalue weighted by Gasteiger charge is -2.23. The van der Waals surface area contributed by atoms with Crippen molar-refractivity contribution in [2.45, 2.75) is 38.8 Å². The molecular formula is C8H19NSi. The minimum atomic E-state index is -0.411. The molecule has 0 N–H and O–H groups in total. The van der Waals surface area contributed by atoms with Gasteiger partial charge in [0.05, 0.1) is 0 Å². The highest BCUT2D eigenvalue weighted by atomic mass is 28.3. The van der Waals surface area contributed by atoms with Gasteiger partial charge in [0, 0.05) is 0 Å². The van der Waals surface area contributed by atoms with Gasteiger partial charge in [-0.25, -0.2) is 0 Å². The molecule has 1 fully saturated rings. The van der Waals surface area contributed by atoms with Crippen LogP contribution >= 0.6 is 0 Å². The van der Waals surface area contributed by atoms with E-state index < -0.39 is 8.96 Å². The fourth-order valence-electron chi connectivity index (χ4n) is 1.91. The van der Waals surface area contributed by atoms with Crippen molar-refractivity contribution in [2.24, 2.45) is 0 Å². The van der Waals surface area contributed by atoms with E-state index in [0.29, 0.717) is 0 Å². The first-order valence-electron chi connectivity index (χ1n) is 4.62. The maximum Gasteiger partial charge on any atom is 0.111 e. The molecule has 0 radical (unpaired) electrons. The molecule has 1 rings (SSSR count). The summed E-state index contributed by atoms with van der Waals surface area (Å²) in [4.78, 5) is 0. The largest absolute Gasteiger partial charge is 0.326 e. The zero-order chi connectivity index (χ0) is 7.40. The molecule has 2 heteroatoms. The van der Waals surface area contributed by atoms with Crippen molar-refractivity contribution in [2.75, 3.05) is 13.1 Å². The van der Waals surface area contributed by atoms with Crippen LogP contribution in [0.1, 0.15) is 26.7 Å². The van der Waals surface area contributed by atoms with Crippen LogP contribution in [0.2, 0.25) is 12.1 Å². The molecule has 0 saturated carbocycles. The Bertz CT molecular complexity index is 85.3. The predicted molar refractivity (Wildman–Crippen MR) is 48.9 cm³/mol. The molecular weight excluding hydrogens is 138 g/mol. The monoisotopic (exact) mass is 157 g/mol. The highest BCUT2D eigenvalue weighted by molar-refractivity contribution is 6.55. The quantitative estimate of drug-likeness (QED) is 0.565. The van der Waals surface area contributed by atoms with Crippen molar-refractivity contribution >= 4 is 8.96 Å². The van der Waals surface area contributed by atoms with Crippen molar-refractivity contribution in [3.8, 4) is 0 Å². The van der Waals surface area contributed by atoms with Gasteiger partial charge in [0.15, 0.2) is 0 Å². The number of hydrogen-bond donors (Lipinski definition) is 0. The normalized spacial score (nSPS) is 20.7. The molecule has 0 amide bonds. The molecule has 10 heavy (non-hydrogen) atoms. The maximum absolute atomic E-state index is 2.78. The summed E-state index contributed by atoms with van der Waals surface area (Å²) in [5, 5.41) is 0. The lowest BCUT2D eigenvalue weighted by Crippen LogP contribution is -2.35. The highest BCUT2D eigenvalue weighted by Gasteiger charge is 2.19. The van der Waals surface area contributed by atoms with Gasteiger partial charge in [0.25, 0.3) is 0 Å². The lowest BCUT2D eigenvalue weighted by molar-refractivity contribution is 0.531. The average Bonchev–Trinajstić information content (AvgIpc) is 2.43. The molecule has 0 aromatic heterocycles. The van der Waals surface area contributed by atoms with Gasteiger partial charge in [-0.3, -0.25) is 0 Å². The van der Waals surface area contributed by atoms with E-state index in [1.165, 1.54) is 38.0 Å². The Hall–Kier alpha value is 0.177. The molecule has 1 aliphatic heterocycles. The van der Waals surface area contributed by atoms with E-state index >= 15 is 0 Å². The van der Waals surface area contributed by atoms with Crippen LogP contribution in [0.4, 0.5) is 0 Å². The third-order valence-corrected chi connectivity index (χ3v) is 6.03. The van der Waals surface area contributed by atoms with Crippen LogP contribution in [-0.4, -0.2) is 26.6 Å². The van der Waals surface area contributed by atoms with Crippen LogP contribution in [0.5, 0.6) is 0 Å². The first-order valence-corrected chi connectivity index (χ1v) is 6.77. The molecule has 0 aliphatic carbocycles. The Morgan fingerprint density at radius 1 is 1.10 bits per heavy atom. The number of rotatable bonds is 3. The van der Waals surface area contributed by atoms with Crippen molar-refractivity contribution in [1.82, 2.24) is 4.57 Å². The van der Waals surface area contributed by atoms with Gasteiger partial charge in [0.1, 0.15) is 8.96 Å². The Labute approximate surface area is 66.1 Å². The van der Waals surface area contributed by atoms with Gasteiger partial charge in [-0.2, -0.15) is 0 Å². The molecule has 1 aliphatic rings. The standard InChI is InChI=1S/C8H19NSi/c1-3-10(4-2)9-7-5-6-8-9/h10H,3-8H2,1-2H3. The molecule has 0 aromatic rings. The van der Waals surface area contributed by atoms with Crippen LogP contribution in [-0.2, 0) is 0 Å². The summed E-state index contributed by atoms with van der Waals surface area (Å²) in [6.45, 7) is 7.55. The molecule has 0 bridgehead atoms. The number of hydrogen-bond acceptors (Lipinski definition) is 1. The minimum Gasteiger partial charge on any atom is -0.326 e. The van der Waals surface area contributed by atoms with Crippen LogP contribution in [0.25, 0.3) is 0 Å². The Morgan fingerprint density at radius 3 is 2.00 bits per heavy atom. The van der Waals surface area contributed by atoms with Gasteiger partial charge in [-0.15, -0.1) is 0 Å². The first-order chi connectivity index (χ1) is 4.88. The summed E-state index contributed by atoms with van der Waals surface area (Å²) in [7, 11) is -0.411. The van der Waals surface area contributed by atoms with Crippen LogP contribution in [0.15, 0.2) is 0 Å². The third-order valence-electron chi connectivity index (χ3n) is 2.60. The van der Waals surface area contributed by atoms with E-state index in [9.17, 15) is 0 Å². The van der Waals surface area contributed by atoms with Crippen molar-refractivity contribution in [1.29, 1.82) is 0 Å². The third kappa shape index (κ3) is 1.83. The minimum absolute atomic E-state index is 0.411. The second kappa shape index (κ2) is 4.14. The molecule has 1 nitrogen and oxygen atoms in total. The van der Waals surface area contributed by atoms with Gasteiger partial charge in [0.2, 0.25) is 0 Å².